The zero-order valence-electron chi connectivity index (χ0n) is 12.7. The molecule has 0 spiro atoms. The number of carbonyl (C=O) groups excluding carboxylic acids is 1. The number of nitrogens with zero attached hydrogens (tertiary/aromatic N) is 3. The fourth-order valence-corrected chi connectivity index (χ4v) is 4.47. The molecule has 22 heavy (non-hydrogen) atoms. The highest BCUT2D eigenvalue weighted by Crippen LogP contribution is 2.19. The first-order valence-corrected chi connectivity index (χ1v) is 9.24. The van der Waals surface area contributed by atoms with E-state index in [-0.39, 0.29) is 29.0 Å². The predicted octanol–water partition coefficient (Wildman–Crippen LogP) is -0.238. The maximum atomic E-state index is 12.4. The number of sulfone groups is 1. The van der Waals surface area contributed by atoms with E-state index in [1.54, 1.807) is 9.80 Å². The Labute approximate surface area is 131 Å². The highest BCUT2D eigenvalue weighted by molar-refractivity contribution is 7.91. The number of nitriles is 1. The van der Waals surface area contributed by atoms with Crippen molar-refractivity contribution in [2.75, 3.05) is 44.4 Å². The molecule has 0 N–H and O–H groups in total. The Kier molecular flexibility index (Phi) is 5.42. The molecule has 2 rings (SSSR count). The van der Waals surface area contributed by atoms with Crippen molar-refractivity contribution >= 4 is 15.7 Å². The van der Waals surface area contributed by atoms with Gasteiger partial charge in [0.2, 0.25) is 0 Å². The molecule has 0 aliphatic carbocycles. The molecule has 2 fully saturated rings. The van der Waals surface area contributed by atoms with E-state index in [2.05, 4.69) is 0 Å². The summed E-state index contributed by atoms with van der Waals surface area (Å²) in [5.41, 5.74) is 0.0491. The summed E-state index contributed by atoms with van der Waals surface area (Å²) in [6.45, 7) is 4.34. The number of amides is 1. The number of ether oxygens (including phenoxy) is 1. The first-order valence-electron chi connectivity index (χ1n) is 7.42. The Morgan fingerprint density at radius 1 is 1.45 bits per heavy atom. The van der Waals surface area contributed by atoms with E-state index in [1.807, 2.05) is 13.0 Å². The van der Waals surface area contributed by atoms with Crippen LogP contribution in [0, 0.1) is 11.3 Å². The van der Waals surface area contributed by atoms with Gasteiger partial charge in [0, 0.05) is 31.9 Å². The summed E-state index contributed by atoms with van der Waals surface area (Å²) in [6.07, 6.45) is 2.06. The van der Waals surface area contributed by atoms with Gasteiger partial charge in [-0.2, -0.15) is 5.26 Å². The van der Waals surface area contributed by atoms with Crippen LogP contribution in [0.5, 0.6) is 0 Å². The summed E-state index contributed by atoms with van der Waals surface area (Å²) < 4.78 is 28.4. The molecule has 0 aromatic heterocycles. The van der Waals surface area contributed by atoms with Gasteiger partial charge in [0.05, 0.1) is 24.7 Å². The Morgan fingerprint density at radius 2 is 2.14 bits per heavy atom. The molecule has 7 nitrogen and oxygen atoms in total. The molecule has 1 unspecified atom stereocenters. The molecule has 0 aromatic rings. The third-order valence-corrected chi connectivity index (χ3v) is 5.74. The van der Waals surface area contributed by atoms with Crippen LogP contribution in [0.1, 0.15) is 13.3 Å². The van der Waals surface area contributed by atoms with Crippen LogP contribution in [0.15, 0.2) is 11.8 Å². The van der Waals surface area contributed by atoms with E-state index in [4.69, 9.17) is 4.74 Å². The van der Waals surface area contributed by atoms with E-state index in [1.165, 1.54) is 6.20 Å². The van der Waals surface area contributed by atoms with Crippen LogP contribution in [0.25, 0.3) is 0 Å². The van der Waals surface area contributed by atoms with Gasteiger partial charge in [-0.3, -0.25) is 4.79 Å². The van der Waals surface area contributed by atoms with Crippen molar-refractivity contribution in [1.29, 1.82) is 5.26 Å². The number of carbonyl (C=O) groups is 1. The second-order valence-corrected chi connectivity index (χ2v) is 7.68. The third kappa shape index (κ3) is 3.99. The van der Waals surface area contributed by atoms with Gasteiger partial charge in [-0.25, -0.2) is 8.42 Å². The van der Waals surface area contributed by atoms with Crippen LogP contribution < -0.4 is 0 Å². The van der Waals surface area contributed by atoms with Crippen LogP contribution in [0.2, 0.25) is 0 Å². The second kappa shape index (κ2) is 7.11. The molecule has 0 bridgehead atoms. The summed E-state index contributed by atoms with van der Waals surface area (Å²) in [5.74, 6) is -0.0616. The second-order valence-electron chi connectivity index (χ2n) is 5.45. The highest BCUT2D eigenvalue weighted by atomic mass is 32.2. The molecule has 0 saturated carbocycles. The summed E-state index contributed by atoms with van der Waals surface area (Å²) in [5, 5.41) is 9.28. The summed E-state index contributed by atoms with van der Waals surface area (Å²) >= 11 is 0. The lowest BCUT2D eigenvalue weighted by Crippen LogP contribution is -2.42. The third-order valence-electron chi connectivity index (χ3n) is 3.99. The number of morpholine rings is 1. The Balaban J connectivity index is 2.12. The SMILES string of the molecule is CCN(/C=C(/C#N)C(=O)N1CCOCC1)C1CCS(=O)(=O)C1. The molecule has 2 heterocycles. The summed E-state index contributed by atoms with van der Waals surface area (Å²) in [4.78, 5) is 15.7. The topological polar surface area (TPSA) is 90.7 Å². The zero-order chi connectivity index (χ0) is 16.2. The van der Waals surface area contributed by atoms with Crippen molar-refractivity contribution < 1.29 is 17.9 Å². The van der Waals surface area contributed by atoms with Gasteiger partial charge in [0.1, 0.15) is 11.6 Å². The molecular formula is C14H21N3O4S. The van der Waals surface area contributed by atoms with Gasteiger partial charge in [-0.15, -0.1) is 0 Å². The molecule has 122 valence electrons. The maximum absolute atomic E-state index is 12.4. The summed E-state index contributed by atoms with van der Waals surface area (Å²) in [6, 6.07) is 1.79. The van der Waals surface area contributed by atoms with Crippen molar-refractivity contribution in [1.82, 2.24) is 9.80 Å². The minimum atomic E-state index is -3.00. The lowest BCUT2D eigenvalue weighted by atomic mass is 10.2. The summed E-state index contributed by atoms with van der Waals surface area (Å²) in [7, 11) is -3.00. The van der Waals surface area contributed by atoms with Crippen LogP contribution in [-0.2, 0) is 19.4 Å². The quantitative estimate of drug-likeness (QED) is 0.523. The zero-order valence-corrected chi connectivity index (χ0v) is 13.5. The van der Waals surface area contributed by atoms with Crippen molar-refractivity contribution in [3.05, 3.63) is 11.8 Å². The molecule has 1 atom stereocenters. The largest absolute Gasteiger partial charge is 0.378 e. The van der Waals surface area contributed by atoms with E-state index >= 15 is 0 Å². The lowest BCUT2D eigenvalue weighted by molar-refractivity contribution is -0.130. The molecule has 0 aromatic carbocycles. The highest BCUT2D eigenvalue weighted by Gasteiger charge is 2.31. The normalized spacial score (nSPS) is 24.8. The fourth-order valence-electron chi connectivity index (χ4n) is 2.73. The van der Waals surface area contributed by atoms with Crippen LogP contribution >= 0.6 is 0 Å². The molecule has 0 radical (unpaired) electrons. The van der Waals surface area contributed by atoms with Crippen molar-refractivity contribution in [2.24, 2.45) is 0 Å². The molecule has 8 heteroatoms. The Bertz CT molecular complexity index is 588. The van der Waals surface area contributed by atoms with E-state index in [0.29, 0.717) is 39.3 Å². The monoisotopic (exact) mass is 327 g/mol. The number of hydrogen-bond donors (Lipinski definition) is 0. The van der Waals surface area contributed by atoms with Gasteiger partial charge in [0.15, 0.2) is 9.84 Å². The number of hydrogen-bond acceptors (Lipinski definition) is 6. The van der Waals surface area contributed by atoms with Crippen molar-refractivity contribution in [3.63, 3.8) is 0 Å². The Hall–Kier alpha value is -1.59. The van der Waals surface area contributed by atoms with E-state index in [0.717, 1.165) is 0 Å². The lowest BCUT2D eigenvalue weighted by Gasteiger charge is -2.28. The van der Waals surface area contributed by atoms with Crippen molar-refractivity contribution in [2.45, 2.75) is 19.4 Å². The predicted molar refractivity (Wildman–Crippen MR) is 80.5 cm³/mol. The smallest absolute Gasteiger partial charge is 0.266 e. The van der Waals surface area contributed by atoms with Crippen molar-refractivity contribution in [3.8, 4) is 6.07 Å². The minimum absolute atomic E-state index is 0.0491. The maximum Gasteiger partial charge on any atom is 0.266 e. The first-order chi connectivity index (χ1) is 10.5. The molecule has 2 saturated heterocycles. The molecule has 2 aliphatic rings. The van der Waals surface area contributed by atoms with Crippen LogP contribution in [0.4, 0.5) is 0 Å². The van der Waals surface area contributed by atoms with E-state index < -0.39 is 9.84 Å². The van der Waals surface area contributed by atoms with Gasteiger partial charge in [0.25, 0.3) is 5.91 Å². The molecular weight excluding hydrogens is 306 g/mol. The fraction of sp³-hybridized carbons (Fsp3) is 0.714. The average molecular weight is 327 g/mol. The average Bonchev–Trinajstić information content (AvgIpc) is 2.89. The Morgan fingerprint density at radius 3 is 2.64 bits per heavy atom. The molecule has 2 aliphatic heterocycles. The van der Waals surface area contributed by atoms with Crippen LogP contribution in [-0.4, -0.2) is 74.5 Å². The molecule has 1 amide bonds. The minimum Gasteiger partial charge on any atom is -0.378 e. The van der Waals surface area contributed by atoms with Gasteiger partial charge >= 0.3 is 0 Å². The first kappa shape index (κ1) is 16.8. The number of rotatable bonds is 4. The van der Waals surface area contributed by atoms with Gasteiger partial charge < -0.3 is 14.5 Å². The van der Waals surface area contributed by atoms with Gasteiger partial charge in [-0.1, -0.05) is 0 Å². The van der Waals surface area contributed by atoms with Gasteiger partial charge in [-0.05, 0) is 13.3 Å². The van der Waals surface area contributed by atoms with E-state index in [9.17, 15) is 18.5 Å². The standard InChI is InChI=1S/C14H21N3O4S/c1-2-16(13-3-8-22(19,20)11-13)10-12(9-15)14(18)17-4-6-21-7-5-17/h10,13H,2-8,11H2,1H3/b12-10-. The van der Waals surface area contributed by atoms with Crippen LogP contribution in [0.3, 0.4) is 0 Å².